The molecule has 0 atom stereocenters. The van der Waals surface area contributed by atoms with Gasteiger partial charge in [-0.15, -0.1) is 0 Å². The molecule has 0 aliphatic heterocycles. The van der Waals surface area contributed by atoms with Crippen molar-refractivity contribution in [2.75, 3.05) is 13.2 Å². The number of hydrogen-bond acceptors (Lipinski definition) is 4. The minimum atomic E-state index is -0.313. The van der Waals surface area contributed by atoms with Gasteiger partial charge in [0.2, 0.25) is 0 Å². The number of nitrogens with one attached hydrogen (secondary N) is 1. The van der Waals surface area contributed by atoms with Gasteiger partial charge < -0.3 is 14.8 Å². The summed E-state index contributed by atoms with van der Waals surface area (Å²) in [7, 11) is 0. The van der Waals surface area contributed by atoms with Crippen LogP contribution in [0.2, 0.25) is 0 Å². The quantitative estimate of drug-likeness (QED) is 0.544. The van der Waals surface area contributed by atoms with Crippen LogP contribution in [0.3, 0.4) is 0 Å². The summed E-state index contributed by atoms with van der Waals surface area (Å²) in [4.78, 5) is 11.6. The average Bonchev–Trinajstić information content (AvgIpc) is 3.28. The summed E-state index contributed by atoms with van der Waals surface area (Å²) in [5, 5.41) is 3.45. The van der Waals surface area contributed by atoms with E-state index in [0.717, 1.165) is 35.2 Å². The van der Waals surface area contributed by atoms with Crippen LogP contribution < -0.4 is 10.1 Å². The summed E-state index contributed by atoms with van der Waals surface area (Å²) in [5.41, 5.74) is 1.05. The maximum atomic E-state index is 11.6. The predicted octanol–water partition coefficient (Wildman–Crippen LogP) is 3.42. The zero-order valence-electron chi connectivity index (χ0n) is 12.4. The summed E-state index contributed by atoms with van der Waals surface area (Å²) >= 11 is 3.47. The lowest BCUT2D eigenvalue weighted by molar-refractivity contribution is -0.146. The van der Waals surface area contributed by atoms with Gasteiger partial charge in [-0.1, -0.05) is 29.3 Å². The van der Waals surface area contributed by atoms with Crippen LogP contribution in [-0.2, 0) is 16.1 Å². The zero-order valence-corrected chi connectivity index (χ0v) is 13.9. The van der Waals surface area contributed by atoms with Crippen molar-refractivity contribution in [1.82, 2.24) is 5.32 Å². The summed E-state index contributed by atoms with van der Waals surface area (Å²) < 4.78 is 11.7. The lowest BCUT2D eigenvalue weighted by Gasteiger charge is -2.12. The summed E-state index contributed by atoms with van der Waals surface area (Å²) in [6, 6.07) is 6.45. The van der Waals surface area contributed by atoms with E-state index in [1.165, 1.54) is 12.8 Å². The monoisotopic (exact) mass is 355 g/mol. The van der Waals surface area contributed by atoms with E-state index in [4.69, 9.17) is 9.47 Å². The predicted molar refractivity (Wildman–Crippen MR) is 85.4 cm³/mol. The highest BCUT2D eigenvalue weighted by Crippen LogP contribution is 2.25. The molecule has 1 saturated carbocycles. The van der Waals surface area contributed by atoms with Crippen LogP contribution in [0.5, 0.6) is 5.75 Å². The number of ether oxygens (including phenoxy) is 2. The standard InChI is InChI=1S/C16H22BrNO3/c1-2-3-8-20-16(19)11-21-15-7-4-13(17)9-12(15)10-18-14-5-6-14/h4,7,9,14,18H,2-3,5-6,8,10-11H2,1H3. The van der Waals surface area contributed by atoms with Crippen LogP contribution in [0.4, 0.5) is 0 Å². The molecule has 0 heterocycles. The molecule has 1 aromatic rings. The minimum absolute atomic E-state index is 0.0399. The van der Waals surface area contributed by atoms with E-state index < -0.39 is 0 Å². The number of unbranched alkanes of at least 4 members (excludes halogenated alkanes) is 1. The fourth-order valence-corrected chi connectivity index (χ4v) is 2.29. The van der Waals surface area contributed by atoms with Crippen molar-refractivity contribution in [3.8, 4) is 5.75 Å². The van der Waals surface area contributed by atoms with Crippen LogP contribution >= 0.6 is 15.9 Å². The van der Waals surface area contributed by atoms with E-state index in [-0.39, 0.29) is 12.6 Å². The number of halogens is 1. The van der Waals surface area contributed by atoms with Gasteiger partial charge in [-0.25, -0.2) is 4.79 Å². The van der Waals surface area contributed by atoms with Crippen molar-refractivity contribution >= 4 is 21.9 Å². The van der Waals surface area contributed by atoms with Crippen molar-refractivity contribution in [1.29, 1.82) is 0 Å². The van der Waals surface area contributed by atoms with Crippen molar-refractivity contribution in [3.63, 3.8) is 0 Å². The molecule has 0 spiro atoms. The van der Waals surface area contributed by atoms with E-state index in [1.54, 1.807) is 0 Å². The Morgan fingerprint density at radius 1 is 1.43 bits per heavy atom. The second-order valence-corrected chi connectivity index (χ2v) is 6.19. The van der Waals surface area contributed by atoms with E-state index in [0.29, 0.717) is 12.6 Å². The third kappa shape index (κ3) is 6.06. The first-order valence-electron chi connectivity index (χ1n) is 7.49. The van der Waals surface area contributed by atoms with Gasteiger partial charge in [0.15, 0.2) is 6.61 Å². The molecule has 5 heteroatoms. The fraction of sp³-hybridized carbons (Fsp3) is 0.562. The third-order valence-corrected chi connectivity index (χ3v) is 3.78. The molecular formula is C16H22BrNO3. The van der Waals surface area contributed by atoms with Crippen LogP contribution in [0.25, 0.3) is 0 Å². The Kier molecular flexibility index (Phi) is 6.51. The molecule has 1 aromatic carbocycles. The Labute approximate surface area is 134 Å². The van der Waals surface area contributed by atoms with Crippen molar-refractivity contribution < 1.29 is 14.3 Å². The number of esters is 1. The number of hydrogen-bond donors (Lipinski definition) is 1. The fourth-order valence-electron chi connectivity index (χ4n) is 1.88. The first-order valence-corrected chi connectivity index (χ1v) is 8.28. The minimum Gasteiger partial charge on any atom is -0.482 e. The maximum absolute atomic E-state index is 11.6. The molecule has 0 amide bonds. The van der Waals surface area contributed by atoms with Gasteiger partial charge in [0.1, 0.15) is 5.75 Å². The topological polar surface area (TPSA) is 47.6 Å². The molecule has 0 bridgehead atoms. The normalized spacial score (nSPS) is 14.0. The first-order chi connectivity index (χ1) is 10.2. The zero-order chi connectivity index (χ0) is 15.1. The number of rotatable bonds is 9. The molecule has 1 N–H and O–H groups in total. The maximum Gasteiger partial charge on any atom is 0.344 e. The molecule has 2 rings (SSSR count). The second-order valence-electron chi connectivity index (χ2n) is 5.27. The third-order valence-electron chi connectivity index (χ3n) is 3.29. The SMILES string of the molecule is CCCCOC(=O)COc1ccc(Br)cc1CNC1CC1. The molecule has 0 unspecified atom stereocenters. The van der Waals surface area contributed by atoms with E-state index in [9.17, 15) is 4.79 Å². The van der Waals surface area contributed by atoms with Gasteiger partial charge >= 0.3 is 5.97 Å². The molecule has 21 heavy (non-hydrogen) atoms. The highest BCUT2D eigenvalue weighted by Gasteiger charge is 2.20. The summed E-state index contributed by atoms with van der Waals surface area (Å²) in [5.74, 6) is 0.422. The van der Waals surface area contributed by atoms with Crippen LogP contribution in [0, 0.1) is 0 Å². The van der Waals surface area contributed by atoms with Crippen molar-refractivity contribution in [3.05, 3.63) is 28.2 Å². The lowest BCUT2D eigenvalue weighted by atomic mass is 10.2. The summed E-state index contributed by atoms with van der Waals surface area (Å²) in [6.45, 7) is 3.24. The Morgan fingerprint density at radius 3 is 2.95 bits per heavy atom. The van der Waals surface area contributed by atoms with Crippen molar-refractivity contribution in [2.24, 2.45) is 0 Å². The smallest absolute Gasteiger partial charge is 0.344 e. The van der Waals surface area contributed by atoms with E-state index >= 15 is 0 Å². The van der Waals surface area contributed by atoms with E-state index in [2.05, 4.69) is 28.2 Å². The number of benzene rings is 1. The molecule has 116 valence electrons. The highest BCUT2D eigenvalue weighted by atomic mass is 79.9. The molecular weight excluding hydrogens is 334 g/mol. The Morgan fingerprint density at radius 2 is 2.24 bits per heavy atom. The first kappa shape index (κ1) is 16.3. The van der Waals surface area contributed by atoms with E-state index in [1.807, 2.05) is 18.2 Å². The Hall–Kier alpha value is -1.07. The van der Waals surface area contributed by atoms with Gasteiger partial charge in [0.25, 0.3) is 0 Å². The van der Waals surface area contributed by atoms with Crippen LogP contribution in [0.15, 0.2) is 22.7 Å². The van der Waals surface area contributed by atoms with Gasteiger partial charge in [-0.05, 0) is 37.5 Å². The Balaban J connectivity index is 1.84. The Bertz CT molecular complexity index is 475. The molecule has 1 aliphatic carbocycles. The highest BCUT2D eigenvalue weighted by molar-refractivity contribution is 9.10. The largest absolute Gasteiger partial charge is 0.482 e. The van der Waals surface area contributed by atoms with Gasteiger partial charge in [0.05, 0.1) is 6.61 Å². The van der Waals surface area contributed by atoms with Crippen molar-refractivity contribution in [2.45, 2.75) is 45.2 Å². The molecule has 0 radical (unpaired) electrons. The number of carbonyl (C=O) groups excluding carboxylic acids is 1. The second kappa shape index (κ2) is 8.39. The molecule has 0 aromatic heterocycles. The molecule has 0 saturated heterocycles. The molecule has 4 nitrogen and oxygen atoms in total. The lowest BCUT2D eigenvalue weighted by Crippen LogP contribution is -2.18. The van der Waals surface area contributed by atoms with Crippen LogP contribution in [-0.4, -0.2) is 25.2 Å². The molecule has 1 fully saturated rings. The van der Waals surface area contributed by atoms with Gasteiger partial charge in [0, 0.05) is 22.6 Å². The van der Waals surface area contributed by atoms with Crippen LogP contribution in [0.1, 0.15) is 38.2 Å². The van der Waals surface area contributed by atoms with Gasteiger partial charge in [-0.3, -0.25) is 0 Å². The average molecular weight is 356 g/mol. The summed E-state index contributed by atoms with van der Waals surface area (Å²) in [6.07, 6.45) is 4.39. The van der Waals surface area contributed by atoms with Gasteiger partial charge in [-0.2, -0.15) is 0 Å². The number of carbonyl (C=O) groups is 1. The molecule has 1 aliphatic rings.